The second-order valence-electron chi connectivity index (χ2n) is 6.60. The number of anilines is 1. The lowest BCUT2D eigenvalue weighted by atomic mass is 10.1. The van der Waals surface area contributed by atoms with Crippen molar-refractivity contribution in [2.24, 2.45) is 0 Å². The normalized spacial score (nSPS) is 15.6. The maximum atomic E-state index is 12.9. The topological polar surface area (TPSA) is 97.8 Å². The van der Waals surface area contributed by atoms with Crippen LogP contribution in [0.25, 0.3) is 6.08 Å². The summed E-state index contributed by atoms with van der Waals surface area (Å²) >= 11 is 2.11. The van der Waals surface area contributed by atoms with E-state index in [4.69, 9.17) is 9.47 Å². The van der Waals surface area contributed by atoms with Crippen LogP contribution in [-0.2, 0) is 9.59 Å². The fraction of sp³-hybridized carbons (Fsp3) is 0.238. The number of urea groups is 1. The lowest BCUT2D eigenvalue weighted by molar-refractivity contribution is -0.122. The van der Waals surface area contributed by atoms with Crippen LogP contribution in [0.5, 0.6) is 11.5 Å². The van der Waals surface area contributed by atoms with Gasteiger partial charge in [-0.25, -0.2) is 9.69 Å². The molecule has 1 aliphatic heterocycles. The van der Waals surface area contributed by atoms with Crippen molar-refractivity contribution in [1.29, 1.82) is 0 Å². The van der Waals surface area contributed by atoms with Crippen LogP contribution in [0.1, 0.15) is 26.3 Å². The molecule has 3 rings (SSSR count). The molecule has 0 spiro atoms. The summed E-state index contributed by atoms with van der Waals surface area (Å²) in [5.41, 5.74) is 0.663. The number of halogens is 1. The molecule has 9 heteroatoms. The summed E-state index contributed by atoms with van der Waals surface area (Å²) in [6.45, 7) is 6.10. The fourth-order valence-corrected chi connectivity index (χ4v) is 3.58. The van der Waals surface area contributed by atoms with Gasteiger partial charge in [0, 0.05) is 6.20 Å². The van der Waals surface area contributed by atoms with Crippen LogP contribution < -0.4 is 19.7 Å². The van der Waals surface area contributed by atoms with Gasteiger partial charge in [0.25, 0.3) is 11.8 Å². The predicted molar refractivity (Wildman–Crippen MR) is 119 cm³/mol. The van der Waals surface area contributed by atoms with Gasteiger partial charge in [0.15, 0.2) is 11.5 Å². The Kier molecular flexibility index (Phi) is 6.70. The van der Waals surface area contributed by atoms with E-state index in [1.807, 2.05) is 20.8 Å². The second-order valence-corrected chi connectivity index (χ2v) is 7.76. The van der Waals surface area contributed by atoms with Gasteiger partial charge in [-0.2, -0.15) is 0 Å². The number of hydrogen-bond acceptors (Lipinski definition) is 6. The summed E-state index contributed by atoms with van der Waals surface area (Å²) in [4.78, 5) is 42.4. The number of nitrogens with zero attached hydrogens (tertiary/aromatic N) is 2. The van der Waals surface area contributed by atoms with E-state index in [9.17, 15) is 14.4 Å². The van der Waals surface area contributed by atoms with Crippen LogP contribution in [-0.4, -0.2) is 35.5 Å². The summed E-state index contributed by atoms with van der Waals surface area (Å²) in [5, 5.41) is 2.19. The number of pyridine rings is 1. The summed E-state index contributed by atoms with van der Waals surface area (Å²) in [7, 11) is 0. The summed E-state index contributed by atoms with van der Waals surface area (Å²) in [6.07, 6.45) is 4.28. The van der Waals surface area contributed by atoms with Crippen molar-refractivity contribution < 1.29 is 23.9 Å². The Bertz CT molecular complexity index is 1020. The lowest BCUT2D eigenvalue weighted by Gasteiger charge is -2.26. The van der Waals surface area contributed by atoms with E-state index >= 15 is 0 Å². The van der Waals surface area contributed by atoms with E-state index in [1.165, 1.54) is 18.5 Å². The van der Waals surface area contributed by atoms with Crippen LogP contribution in [0.3, 0.4) is 0 Å². The Hall–Kier alpha value is -2.95. The van der Waals surface area contributed by atoms with E-state index in [2.05, 4.69) is 32.9 Å². The van der Waals surface area contributed by atoms with Gasteiger partial charge in [-0.3, -0.25) is 19.9 Å². The molecule has 0 saturated carbocycles. The Morgan fingerprint density at radius 2 is 2.03 bits per heavy atom. The van der Waals surface area contributed by atoms with Gasteiger partial charge in [0.1, 0.15) is 5.57 Å². The number of ether oxygens (including phenoxy) is 2. The third-order valence-electron chi connectivity index (χ3n) is 4.00. The number of nitrogens with one attached hydrogen (secondary N) is 1. The van der Waals surface area contributed by atoms with Crippen LogP contribution in [0, 0.1) is 3.57 Å². The zero-order chi connectivity index (χ0) is 21.8. The number of imide groups is 2. The van der Waals surface area contributed by atoms with Gasteiger partial charge in [0.05, 0.1) is 28.2 Å². The molecule has 2 aromatic rings. The van der Waals surface area contributed by atoms with E-state index in [0.717, 1.165) is 8.47 Å². The van der Waals surface area contributed by atoms with Gasteiger partial charge >= 0.3 is 6.03 Å². The first kappa shape index (κ1) is 21.8. The Morgan fingerprint density at radius 3 is 2.67 bits per heavy atom. The zero-order valence-corrected chi connectivity index (χ0v) is 18.8. The van der Waals surface area contributed by atoms with Crippen molar-refractivity contribution in [3.63, 3.8) is 0 Å². The minimum Gasteiger partial charge on any atom is -0.490 e. The average Bonchev–Trinajstić information content (AvgIpc) is 2.68. The minimum atomic E-state index is -0.819. The highest BCUT2D eigenvalue weighted by Gasteiger charge is 2.37. The molecular weight excluding hydrogens is 501 g/mol. The SMILES string of the molecule is CCOc1cc(/C=C2\C(=O)NC(=O)N(c3cccnc3)C2=O)cc(I)c1OC(C)C. The molecule has 0 radical (unpaired) electrons. The van der Waals surface area contributed by atoms with Crippen molar-refractivity contribution in [1.82, 2.24) is 10.3 Å². The molecule has 0 aliphatic carbocycles. The maximum absolute atomic E-state index is 12.9. The third-order valence-corrected chi connectivity index (χ3v) is 4.80. The zero-order valence-electron chi connectivity index (χ0n) is 16.6. The molecule has 1 N–H and O–H groups in total. The molecule has 1 aliphatic rings. The number of carbonyl (C=O) groups is 3. The third kappa shape index (κ3) is 4.61. The molecule has 1 saturated heterocycles. The Labute approximate surface area is 187 Å². The van der Waals surface area contributed by atoms with Gasteiger partial charge < -0.3 is 9.47 Å². The van der Waals surface area contributed by atoms with Crippen molar-refractivity contribution in [3.8, 4) is 11.5 Å². The number of benzene rings is 1. The van der Waals surface area contributed by atoms with Crippen molar-refractivity contribution in [2.45, 2.75) is 26.9 Å². The Morgan fingerprint density at radius 1 is 1.27 bits per heavy atom. The minimum absolute atomic E-state index is 0.0494. The first-order valence-corrected chi connectivity index (χ1v) is 10.3. The number of aromatic nitrogens is 1. The molecule has 0 bridgehead atoms. The Balaban J connectivity index is 2.03. The predicted octanol–water partition coefficient (Wildman–Crippen LogP) is 3.54. The molecule has 2 heterocycles. The van der Waals surface area contributed by atoms with Crippen LogP contribution in [0.15, 0.2) is 42.2 Å². The molecule has 30 heavy (non-hydrogen) atoms. The number of hydrogen-bond donors (Lipinski definition) is 1. The van der Waals surface area contributed by atoms with E-state index in [1.54, 1.807) is 24.3 Å². The van der Waals surface area contributed by atoms with Crippen molar-refractivity contribution >= 4 is 52.2 Å². The highest BCUT2D eigenvalue weighted by molar-refractivity contribution is 14.1. The number of carbonyl (C=O) groups excluding carboxylic acids is 3. The van der Waals surface area contributed by atoms with Gasteiger partial charge in [-0.05, 0) is 79.3 Å². The molecule has 0 atom stereocenters. The molecule has 1 fully saturated rings. The summed E-state index contributed by atoms with van der Waals surface area (Å²) in [6, 6.07) is 5.81. The lowest BCUT2D eigenvalue weighted by Crippen LogP contribution is -2.54. The first-order valence-electron chi connectivity index (χ1n) is 9.26. The molecule has 1 aromatic carbocycles. The van der Waals surface area contributed by atoms with Gasteiger partial charge in [-0.1, -0.05) is 0 Å². The quantitative estimate of drug-likeness (QED) is 0.355. The van der Waals surface area contributed by atoms with Crippen LogP contribution in [0.2, 0.25) is 0 Å². The number of rotatable bonds is 6. The summed E-state index contributed by atoms with van der Waals surface area (Å²) < 4.78 is 12.3. The van der Waals surface area contributed by atoms with E-state index < -0.39 is 17.8 Å². The fourth-order valence-electron chi connectivity index (χ4n) is 2.83. The van der Waals surface area contributed by atoms with Crippen LogP contribution >= 0.6 is 22.6 Å². The van der Waals surface area contributed by atoms with Crippen molar-refractivity contribution in [2.75, 3.05) is 11.5 Å². The molecule has 156 valence electrons. The van der Waals surface area contributed by atoms with E-state index in [-0.39, 0.29) is 17.4 Å². The van der Waals surface area contributed by atoms with Gasteiger partial charge in [0.2, 0.25) is 0 Å². The van der Waals surface area contributed by atoms with Crippen molar-refractivity contribution in [3.05, 3.63) is 51.4 Å². The maximum Gasteiger partial charge on any atom is 0.336 e. The highest BCUT2D eigenvalue weighted by Crippen LogP contribution is 2.36. The number of barbiturate groups is 1. The summed E-state index contributed by atoms with van der Waals surface area (Å²) in [5.74, 6) is -0.386. The smallest absolute Gasteiger partial charge is 0.336 e. The first-order chi connectivity index (χ1) is 14.3. The average molecular weight is 521 g/mol. The molecular formula is C21H20IN3O5. The molecule has 8 nitrogen and oxygen atoms in total. The van der Waals surface area contributed by atoms with Crippen LogP contribution in [0.4, 0.5) is 10.5 Å². The van der Waals surface area contributed by atoms with E-state index in [0.29, 0.717) is 23.7 Å². The number of amides is 4. The largest absolute Gasteiger partial charge is 0.490 e. The molecule has 4 amide bonds. The molecule has 1 aromatic heterocycles. The van der Waals surface area contributed by atoms with Gasteiger partial charge in [-0.15, -0.1) is 0 Å². The standard InChI is InChI=1S/C21H20IN3O5/c1-4-29-17-10-13(9-16(22)18(17)30-12(2)3)8-15-19(26)24-21(28)25(20(15)27)14-6-5-7-23-11-14/h5-12H,4H2,1-3H3,(H,24,26,28)/b15-8+. The monoisotopic (exact) mass is 521 g/mol. The molecule has 0 unspecified atom stereocenters. The highest BCUT2D eigenvalue weighted by atomic mass is 127. The second kappa shape index (κ2) is 9.24.